The van der Waals surface area contributed by atoms with Crippen molar-refractivity contribution in [1.82, 2.24) is 0 Å². The average molecular weight is 261 g/mol. The van der Waals surface area contributed by atoms with Crippen molar-refractivity contribution in [2.24, 2.45) is 0 Å². The second-order valence-corrected chi connectivity index (χ2v) is 5.66. The fourth-order valence-corrected chi connectivity index (χ4v) is 2.04. The number of para-hydroxylation sites is 1. The maximum atomic E-state index is 11.7. The molecule has 0 N–H and O–H groups in total. The Hall–Kier alpha value is -1.77. The molecule has 1 rings (SSSR count). The summed E-state index contributed by atoms with van der Waals surface area (Å²) < 4.78 is 5.44. The van der Waals surface area contributed by atoms with Crippen LogP contribution in [-0.2, 0) is 9.53 Å². The lowest BCUT2D eigenvalue weighted by atomic mass is 10.0. The highest BCUT2D eigenvalue weighted by Crippen LogP contribution is 2.26. The molecule has 0 saturated heterocycles. The lowest BCUT2D eigenvalue weighted by molar-refractivity contribution is -0.143. The summed E-state index contributed by atoms with van der Waals surface area (Å²) in [5, 5.41) is 0. The van der Waals surface area contributed by atoms with Crippen LogP contribution in [0.3, 0.4) is 0 Å². The normalized spacial score (nSPS) is 12.7. The van der Waals surface area contributed by atoms with E-state index in [2.05, 4.69) is 32.3 Å². The Morgan fingerprint density at radius 3 is 2.21 bits per heavy atom. The number of benzene rings is 1. The van der Waals surface area contributed by atoms with Gasteiger partial charge in [-0.25, -0.2) is 4.79 Å². The van der Waals surface area contributed by atoms with Crippen LogP contribution in [0.5, 0.6) is 0 Å². The van der Waals surface area contributed by atoms with Gasteiger partial charge in [-0.2, -0.15) is 0 Å². The predicted molar refractivity (Wildman–Crippen MR) is 79.0 cm³/mol. The predicted octanol–water partition coefficient (Wildman–Crippen LogP) is 3.76. The first-order chi connectivity index (χ1) is 8.73. The molecule has 19 heavy (non-hydrogen) atoms. The summed E-state index contributed by atoms with van der Waals surface area (Å²) in [4.78, 5) is 13.7. The highest BCUT2D eigenvalue weighted by molar-refractivity contribution is 5.87. The van der Waals surface area contributed by atoms with E-state index < -0.39 is 0 Å². The summed E-state index contributed by atoms with van der Waals surface area (Å²) in [7, 11) is 0. The quantitative estimate of drug-likeness (QED) is 0.469. The van der Waals surface area contributed by atoms with Crippen LogP contribution in [0.2, 0.25) is 0 Å². The Labute approximate surface area is 115 Å². The van der Waals surface area contributed by atoms with Gasteiger partial charge in [0, 0.05) is 16.8 Å². The molecule has 104 valence electrons. The molecular formula is C16H23NO2. The zero-order chi connectivity index (χ0) is 14.6. The molecule has 0 bridgehead atoms. The fraction of sp³-hybridized carbons (Fsp3) is 0.438. The van der Waals surface area contributed by atoms with Crippen molar-refractivity contribution in [3.63, 3.8) is 0 Å². The molecule has 0 radical (unpaired) electrons. The molecule has 0 heterocycles. The fourth-order valence-electron chi connectivity index (χ4n) is 2.04. The van der Waals surface area contributed by atoms with Crippen LogP contribution in [-0.4, -0.2) is 17.7 Å². The van der Waals surface area contributed by atoms with E-state index in [0.717, 1.165) is 5.69 Å². The summed E-state index contributed by atoms with van der Waals surface area (Å²) in [6.07, 6.45) is -0.355. The molecule has 0 saturated carbocycles. The average Bonchev–Trinajstić information content (AvgIpc) is 2.28. The van der Waals surface area contributed by atoms with Gasteiger partial charge >= 0.3 is 5.97 Å². The summed E-state index contributed by atoms with van der Waals surface area (Å²) in [5.41, 5.74) is 1.28. The highest BCUT2D eigenvalue weighted by atomic mass is 16.6. The Bertz CT molecular complexity index is 446. The lowest BCUT2D eigenvalue weighted by Gasteiger charge is -2.41. The topological polar surface area (TPSA) is 29.5 Å². The van der Waals surface area contributed by atoms with Gasteiger partial charge in [0.05, 0.1) is 0 Å². The number of rotatable bonds is 4. The Morgan fingerprint density at radius 1 is 1.26 bits per heavy atom. The first-order valence-corrected chi connectivity index (χ1v) is 6.44. The lowest BCUT2D eigenvalue weighted by Crippen LogP contribution is -2.49. The van der Waals surface area contributed by atoms with Crippen LogP contribution in [0.15, 0.2) is 42.5 Å². The van der Waals surface area contributed by atoms with Gasteiger partial charge in [-0.15, -0.1) is 0 Å². The molecule has 0 amide bonds. The number of hydrogen-bond acceptors (Lipinski definition) is 3. The molecule has 1 atom stereocenters. The minimum Gasteiger partial charge on any atom is -0.439 e. The number of ether oxygens (including phenoxy) is 1. The minimum atomic E-state index is -0.363. The van der Waals surface area contributed by atoms with Crippen molar-refractivity contribution in [3.8, 4) is 0 Å². The third-order valence-electron chi connectivity index (χ3n) is 2.75. The number of carbonyl (C=O) groups is 1. The van der Waals surface area contributed by atoms with E-state index in [9.17, 15) is 4.79 Å². The van der Waals surface area contributed by atoms with E-state index in [4.69, 9.17) is 4.74 Å². The van der Waals surface area contributed by atoms with E-state index in [1.807, 2.05) is 37.3 Å². The molecule has 0 aliphatic heterocycles. The number of carbonyl (C=O) groups excluding carboxylic acids is 1. The molecule has 0 aliphatic carbocycles. The van der Waals surface area contributed by atoms with Crippen LogP contribution in [0, 0.1) is 0 Å². The molecule has 3 heteroatoms. The molecular weight excluding hydrogens is 238 g/mol. The third kappa shape index (κ3) is 4.12. The number of hydrogen-bond donors (Lipinski definition) is 0. The van der Waals surface area contributed by atoms with Gasteiger partial charge < -0.3 is 9.64 Å². The van der Waals surface area contributed by atoms with Gasteiger partial charge in [-0.05, 0) is 46.8 Å². The van der Waals surface area contributed by atoms with Crippen molar-refractivity contribution >= 4 is 11.7 Å². The molecule has 3 nitrogen and oxygen atoms in total. The summed E-state index contributed by atoms with van der Waals surface area (Å²) in [6, 6.07) is 9.93. The van der Waals surface area contributed by atoms with Gasteiger partial charge in [0.15, 0.2) is 6.23 Å². The standard InChI is InChI=1S/C16H23NO2/c1-12(2)15(18)19-13(3)17(16(4,5)6)14-10-8-7-9-11-14/h7-11,13H,1H2,2-6H3. The Morgan fingerprint density at radius 2 is 1.79 bits per heavy atom. The van der Waals surface area contributed by atoms with Crippen LogP contribution in [0.1, 0.15) is 34.6 Å². The molecule has 0 aliphatic rings. The molecule has 0 spiro atoms. The zero-order valence-corrected chi connectivity index (χ0v) is 12.4. The zero-order valence-electron chi connectivity index (χ0n) is 12.4. The van der Waals surface area contributed by atoms with Gasteiger partial charge in [-0.3, -0.25) is 0 Å². The van der Waals surface area contributed by atoms with Crippen molar-refractivity contribution in [3.05, 3.63) is 42.5 Å². The van der Waals surface area contributed by atoms with Gasteiger partial charge in [0.1, 0.15) is 0 Å². The van der Waals surface area contributed by atoms with E-state index in [1.54, 1.807) is 6.92 Å². The van der Waals surface area contributed by atoms with E-state index in [-0.39, 0.29) is 17.7 Å². The maximum Gasteiger partial charge on any atom is 0.335 e. The number of esters is 1. The SMILES string of the molecule is C=C(C)C(=O)OC(C)N(c1ccccc1)C(C)(C)C. The van der Waals surface area contributed by atoms with Crippen molar-refractivity contribution in [1.29, 1.82) is 0 Å². The number of nitrogens with zero attached hydrogens (tertiary/aromatic N) is 1. The maximum absolute atomic E-state index is 11.7. The summed E-state index contributed by atoms with van der Waals surface area (Å²) >= 11 is 0. The molecule has 1 aromatic rings. The van der Waals surface area contributed by atoms with Crippen molar-refractivity contribution < 1.29 is 9.53 Å². The molecule has 1 unspecified atom stereocenters. The smallest absolute Gasteiger partial charge is 0.335 e. The number of anilines is 1. The first-order valence-electron chi connectivity index (χ1n) is 6.44. The molecule has 0 aromatic heterocycles. The van der Waals surface area contributed by atoms with Gasteiger partial charge in [-0.1, -0.05) is 24.8 Å². The van der Waals surface area contributed by atoms with Crippen LogP contribution in [0.25, 0.3) is 0 Å². The third-order valence-corrected chi connectivity index (χ3v) is 2.75. The van der Waals surface area contributed by atoms with E-state index in [1.165, 1.54) is 0 Å². The Kier molecular flexibility index (Phi) is 4.76. The molecule has 0 fully saturated rings. The highest BCUT2D eigenvalue weighted by Gasteiger charge is 2.28. The van der Waals surface area contributed by atoms with Gasteiger partial charge in [0.25, 0.3) is 0 Å². The summed E-state index contributed by atoms with van der Waals surface area (Å²) in [6.45, 7) is 13.4. The Balaban J connectivity index is 2.99. The first kappa shape index (κ1) is 15.3. The monoisotopic (exact) mass is 261 g/mol. The summed E-state index contributed by atoms with van der Waals surface area (Å²) in [5.74, 6) is -0.363. The molecule has 1 aromatic carbocycles. The van der Waals surface area contributed by atoms with Crippen molar-refractivity contribution in [2.75, 3.05) is 4.90 Å². The minimum absolute atomic E-state index is 0.157. The van der Waals surface area contributed by atoms with Crippen LogP contribution in [0.4, 0.5) is 5.69 Å². The van der Waals surface area contributed by atoms with Crippen LogP contribution >= 0.6 is 0 Å². The van der Waals surface area contributed by atoms with E-state index >= 15 is 0 Å². The second-order valence-electron chi connectivity index (χ2n) is 5.66. The largest absolute Gasteiger partial charge is 0.439 e. The van der Waals surface area contributed by atoms with E-state index in [0.29, 0.717) is 5.57 Å². The second kappa shape index (κ2) is 5.91. The van der Waals surface area contributed by atoms with Crippen molar-refractivity contribution in [2.45, 2.75) is 46.4 Å². The van der Waals surface area contributed by atoms with Crippen LogP contribution < -0.4 is 4.90 Å². The van der Waals surface area contributed by atoms with Gasteiger partial charge in [0.2, 0.25) is 0 Å².